The summed E-state index contributed by atoms with van der Waals surface area (Å²) in [6.45, 7) is 0. The van der Waals surface area contributed by atoms with Crippen molar-refractivity contribution in [2.45, 2.75) is 6.42 Å². The van der Waals surface area contributed by atoms with Crippen LogP contribution in [0.5, 0.6) is 0 Å². The molecule has 0 amide bonds. The standard InChI is InChI=1S/C11H13N3Si/c1-2-6-11(7-3-1)15-8-4-5-10-9-12-14-13-10/h1-4,6-9H,5,15H2,(H,12,13,14). The lowest BCUT2D eigenvalue weighted by molar-refractivity contribution is 0.919. The molecule has 2 aromatic rings. The Morgan fingerprint density at radius 3 is 2.87 bits per heavy atom. The largest absolute Gasteiger partial charge is 0.265 e. The average Bonchev–Trinajstić information content (AvgIpc) is 2.79. The third-order valence-electron chi connectivity index (χ3n) is 2.16. The number of H-pyrrole nitrogens is 1. The van der Waals surface area contributed by atoms with Crippen LogP contribution in [0.1, 0.15) is 5.69 Å². The number of hydrogen-bond acceptors (Lipinski definition) is 2. The first-order valence-corrected chi connectivity index (χ1v) is 6.52. The van der Waals surface area contributed by atoms with E-state index in [1.165, 1.54) is 5.19 Å². The summed E-state index contributed by atoms with van der Waals surface area (Å²) in [5.41, 5.74) is 3.29. The first-order chi connectivity index (χ1) is 7.45. The molecular formula is C11H13N3Si. The normalized spacial score (nSPS) is 11.7. The van der Waals surface area contributed by atoms with Crippen LogP contribution in [0.25, 0.3) is 0 Å². The molecule has 15 heavy (non-hydrogen) atoms. The molecule has 76 valence electrons. The molecule has 0 fully saturated rings. The second kappa shape index (κ2) is 5.26. The molecule has 0 radical (unpaired) electrons. The number of aromatic nitrogens is 3. The molecule has 0 aliphatic carbocycles. The van der Waals surface area contributed by atoms with E-state index in [0.717, 1.165) is 12.1 Å². The van der Waals surface area contributed by atoms with Crippen LogP contribution in [0.4, 0.5) is 0 Å². The summed E-state index contributed by atoms with van der Waals surface area (Å²) in [6.07, 6.45) is 4.88. The van der Waals surface area contributed by atoms with Crippen molar-refractivity contribution in [1.82, 2.24) is 15.4 Å². The van der Waals surface area contributed by atoms with E-state index in [9.17, 15) is 0 Å². The maximum Gasteiger partial charge on any atom is 0.0861 e. The Hall–Kier alpha value is -1.68. The van der Waals surface area contributed by atoms with Crippen LogP contribution < -0.4 is 5.19 Å². The van der Waals surface area contributed by atoms with Crippen molar-refractivity contribution in [3.63, 3.8) is 0 Å². The summed E-state index contributed by atoms with van der Waals surface area (Å²) >= 11 is 0. The highest BCUT2D eigenvalue weighted by Crippen LogP contribution is 1.91. The lowest BCUT2D eigenvalue weighted by Gasteiger charge is -1.92. The Balaban J connectivity index is 1.81. The lowest BCUT2D eigenvalue weighted by Crippen LogP contribution is -2.10. The monoisotopic (exact) mass is 215 g/mol. The van der Waals surface area contributed by atoms with Crippen LogP contribution in [-0.2, 0) is 6.42 Å². The fourth-order valence-corrected chi connectivity index (χ4v) is 2.51. The SMILES string of the molecule is C(=C[SiH2]c1ccccc1)Cc1c[nH]nn1. The van der Waals surface area contributed by atoms with Crippen molar-refractivity contribution in [3.05, 3.63) is 54.0 Å². The summed E-state index contributed by atoms with van der Waals surface area (Å²) in [5.74, 6) is 0. The molecule has 0 aliphatic heterocycles. The number of allylic oxidation sites excluding steroid dienone is 1. The number of hydrogen-bond donors (Lipinski definition) is 1. The molecule has 0 saturated heterocycles. The summed E-state index contributed by atoms with van der Waals surface area (Å²) in [6, 6.07) is 10.6. The summed E-state index contributed by atoms with van der Waals surface area (Å²) in [4.78, 5) is 0. The Labute approximate surface area is 91.1 Å². The third-order valence-corrected chi connectivity index (χ3v) is 3.67. The minimum Gasteiger partial charge on any atom is -0.265 e. The van der Waals surface area contributed by atoms with Gasteiger partial charge in [-0.15, -0.1) is 5.10 Å². The van der Waals surface area contributed by atoms with Crippen LogP contribution in [0.3, 0.4) is 0 Å². The van der Waals surface area contributed by atoms with Gasteiger partial charge in [0.25, 0.3) is 0 Å². The average molecular weight is 215 g/mol. The highest BCUT2D eigenvalue weighted by atomic mass is 28.2. The van der Waals surface area contributed by atoms with Crippen LogP contribution in [0.15, 0.2) is 48.3 Å². The number of benzene rings is 1. The molecule has 2 rings (SSSR count). The van der Waals surface area contributed by atoms with Crippen molar-refractivity contribution in [2.75, 3.05) is 0 Å². The van der Waals surface area contributed by atoms with Crippen LogP contribution in [-0.4, -0.2) is 24.9 Å². The number of aromatic amines is 1. The zero-order valence-electron chi connectivity index (χ0n) is 8.43. The molecule has 0 unspecified atom stereocenters. The molecule has 0 saturated carbocycles. The van der Waals surface area contributed by atoms with E-state index < -0.39 is 0 Å². The fourth-order valence-electron chi connectivity index (χ4n) is 1.36. The van der Waals surface area contributed by atoms with Gasteiger partial charge in [-0.25, -0.2) is 0 Å². The second-order valence-electron chi connectivity index (χ2n) is 3.33. The van der Waals surface area contributed by atoms with E-state index in [-0.39, 0.29) is 9.52 Å². The van der Waals surface area contributed by atoms with Crippen LogP contribution in [0, 0.1) is 0 Å². The van der Waals surface area contributed by atoms with Crippen LogP contribution in [0.2, 0.25) is 0 Å². The zero-order valence-corrected chi connectivity index (χ0v) is 9.84. The van der Waals surface area contributed by atoms with E-state index in [1.54, 1.807) is 0 Å². The van der Waals surface area contributed by atoms with E-state index in [2.05, 4.69) is 57.5 Å². The first kappa shape index (κ1) is 9.86. The van der Waals surface area contributed by atoms with Gasteiger partial charge in [-0.05, 0) is 0 Å². The smallest absolute Gasteiger partial charge is 0.0861 e. The van der Waals surface area contributed by atoms with Crippen molar-refractivity contribution < 1.29 is 0 Å². The van der Waals surface area contributed by atoms with E-state index >= 15 is 0 Å². The van der Waals surface area contributed by atoms with Gasteiger partial charge in [0, 0.05) is 12.6 Å². The molecule has 1 heterocycles. The second-order valence-corrected chi connectivity index (χ2v) is 5.03. The van der Waals surface area contributed by atoms with Gasteiger partial charge in [0.05, 0.1) is 15.2 Å². The van der Waals surface area contributed by atoms with Gasteiger partial charge in [-0.1, -0.05) is 52.5 Å². The van der Waals surface area contributed by atoms with Gasteiger partial charge < -0.3 is 0 Å². The van der Waals surface area contributed by atoms with Crippen molar-refractivity contribution in [1.29, 1.82) is 0 Å². The highest BCUT2D eigenvalue weighted by molar-refractivity contribution is 6.58. The molecule has 0 atom stereocenters. The van der Waals surface area contributed by atoms with Crippen molar-refractivity contribution in [2.24, 2.45) is 0 Å². The summed E-state index contributed by atoms with van der Waals surface area (Å²) in [5, 5.41) is 11.8. The summed E-state index contributed by atoms with van der Waals surface area (Å²) < 4.78 is 0. The van der Waals surface area contributed by atoms with E-state index in [4.69, 9.17) is 0 Å². The van der Waals surface area contributed by atoms with Gasteiger partial charge >= 0.3 is 0 Å². The topological polar surface area (TPSA) is 41.6 Å². The molecule has 0 bridgehead atoms. The Morgan fingerprint density at radius 2 is 2.13 bits per heavy atom. The lowest BCUT2D eigenvalue weighted by atomic mass is 10.3. The first-order valence-electron chi connectivity index (χ1n) is 4.99. The quantitative estimate of drug-likeness (QED) is 0.748. The third kappa shape index (κ3) is 3.18. The molecule has 0 aliphatic rings. The predicted octanol–water partition coefficient (Wildman–Crippen LogP) is 0.355. The highest BCUT2D eigenvalue weighted by Gasteiger charge is 1.91. The molecular weight excluding hydrogens is 202 g/mol. The molecule has 1 aromatic carbocycles. The molecule has 4 heteroatoms. The predicted molar refractivity (Wildman–Crippen MR) is 63.8 cm³/mol. The molecule has 0 spiro atoms. The van der Waals surface area contributed by atoms with E-state index in [0.29, 0.717) is 0 Å². The van der Waals surface area contributed by atoms with Crippen LogP contribution >= 0.6 is 0 Å². The minimum atomic E-state index is -0.250. The van der Waals surface area contributed by atoms with Crippen molar-refractivity contribution >= 4 is 14.7 Å². The number of nitrogens with zero attached hydrogens (tertiary/aromatic N) is 2. The maximum atomic E-state index is 3.92. The van der Waals surface area contributed by atoms with Gasteiger partial charge in [-0.3, -0.25) is 5.10 Å². The Kier molecular flexibility index (Phi) is 3.46. The van der Waals surface area contributed by atoms with Gasteiger partial charge in [0.2, 0.25) is 0 Å². The number of nitrogens with one attached hydrogen (secondary N) is 1. The molecule has 1 aromatic heterocycles. The van der Waals surface area contributed by atoms with Gasteiger partial charge in [0.1, 0.15) is 0 Å². The zero-order chi connectivity index (χ0) is 10.3. The van der Waals surface area contributed by atoms with Crippen molar-refractivity contribution in [3.8, 4) is 0 Å². The minimum absolute atomic E-state index is 0.250. The Morgan fingerprint density at radius 1 is 1.27 bits per heavy atom. The maximum absolute atomic E-state index is 3.92. The molecule has 1 N–H and O–H groups in total. The van der Waals surface area contributed by atoms with Gasteiger partial charge in [0.15, 0.2) is 0 Å². The fraction of sp³-hybridized carbons (Fsp3) is 0.0909. The Bertz CT molecular complexity index is 409. The summed E-state index contributed by atoms with van der Waals surface area (Å²) in [7, 11) is -0.250. The van der Waals surface area contributed by atoms with E-state index in [1.807, 2.05) is 6.20 Å². The van der Waals surface area contributed by atoms with Gasteiger partial charge in [-0.2, -0.15) is 0 Å². The molecule has 3 nitrogen and oxygen atoms in total. The number of rotatable bonds is 4.